The van der Waals surface area contributed by atoms with E-state index in [1.54, 1.807) is 12.1 Å². The van der Waals surface area contributed by atoms with E-state index < -0.39 is 4.92 Å². The molecule has 2 rings (SSSR count). The topological polar surface area (TPSA) is 87.6 Å². The lowest BCUT2D eigenvalue weighted by Crippen LogP contribution is -2.08. The lowest BCUT2D eigenvalue weighted by Gasteiger charge is -2.05. The molecular formula is C11H14N2O4. The minimum Gasteiger partial charge on any atom is -0.490 e. The van der Waals surface area contributed by atoms with Gasteiger partial charge in [0.05, 0.1) is 24.7 Å². The van der Waals surface area contributed by atoms with Crippen molar-refractivity contribution in [1.29, 1.82) is 0 Å². The fourth-order valence-electron chi connectivity index (χ4n) is 1.55. The lowest BCUT2D eigenvalue weighted by atomic mass is 10.2. The maximum atomic E-state index is 10.8. The maximum absolute atomic E-state index is 10.8. The van der Waals surface area contributed by atoms with Gasteiger partial charge in [-0.15, -0.1) is 0 Å². The van der Waals surface area contributed by atoms with Crippen LogP contribution in [0.15, 0.2) is 18.2 Å². The molecule has 2 N–H and O–H groups in total. The van der Waals surface area contributed by atoms with Gasteiger partial charge in [0.15, 0.2) is 5.75 Å². The van der Waals surface area contributed by atoms with E-state index in [2.05, 4.69) is 0 Å². The summed E-state index contributed by atoms with van der Waals surface area (Å²) in [4.78, 5) is 10.3. The van der Waals surface area contributed by atoms with Crippen LogP contribution in [0.3, 0.4) is 0 Å². The molecule has 6 nitrogen and oxygen atoms in total. The molecule has 0 unspecified atom stereocenters. The highest BCUT2D eigenvalue weighted by Gasteiger charge is 2.34. The summed E-state index contributed by atoms with van der Waals surface area (Å²) >= 11 is 0. The van der Waals surface area contributed by atoms with Crippen LogP contribution in [0.25, 0.3) is 0 Å². The van der Waals surface area contributed by atoms with Gasteiger partial charge in [-0.2, -0.15) is 0 Å². The van der Waals surface area contributed by atoms with Gasteiger partial charge in [0.1, 0.15) is 0 Å². The second kappa shape index (κ2) is 4.68. The summed E-state index contributed by atoms with van der Waals surface area (Å²) in [6.45, 7) is 0.337. The Labute approximate surface area is 98.5 Å². The summed E-state index contributed by atoms with van der Waals surface area (Å²) in [6, 6.07) is 4.90. The first-order valence-corrected chi connectivity index (χ1v) is 5.30. The Balaban J connectivity index is 2.07. The van der Waals surface area contributed by atoms with E-state index in [1.165, 1.54) is 13.2 Å². The van der Waals surface area contributed by atoms with Crippen LogP contribution in [0.1, 0.15) is 12.0 Å². The lowest BCUT2D eigenvalue weighted by molar-refractivity contribution is -0.385. The normalized spacial score (nSPS) is 22.2. The van der Waals surface area contributed by atoms with Crippen molar-refractivity contribution in [1.82, 2.24) is 0 Å². The molecule has 1 aliphatic rings. The fourth-order valence-corrected chi connectivity index (χ4v) is 1.55. The Bertz CT molecular complexity index is 435. The second-order valence-electron chi connectivity index (χ2n) is 4.01. The zero-order valence-electron chi connectivity index (χ0n) is 9.46. The molecule has 0 radical (unpaired) electrons. The first kappa shape index (κ1) is 11.8. The van der Waals surface area contributed by atoms with Crippen molar-refractivity contribution < 1.29 is 14.4 Å². The van der Waals surface area contributed by atoms with E-state index in [9.17, 15) is 10.1 Å². The van der Waals surface area contributed by atoms with Gasteiger partial charge in [-0.3, -0.25) is 10.1 Å². The second-order valence-corrected chi connectivity index (χ2v) is 4.01. The first-order chi connectivity index (χ1) is 8.11. The number of rotatable bonds is 5. The quantitative estimate of drug-likeness (QED) is 0.615. The van der Waals surface area contributed by atoms with Crippen molar-refractivity contribution in [2.45, 2.75) is 25.2 Å². The van der Waals surface area contributed by atoms with Gasteiger partial charge in [-0.1, -0.05) is 6.07 Å². The maximum Gasteiger partial charge on any atom is 0.311 e. The summed E-state index contributed by atoms with van der Waals surface area (Å²) in [7, 11) is 1.40. The Morgan fingerprint density at radius 3 is 2.82 bits per heavy atom. The van der Waals surface area contributed by atoms with E-state index >= 15 is 0 Å². The van der Waals surface area contributed by atoms with Gasteiger partial charge in [0, 0.05) is 12.1 Å². The van der Waals surface area contributed by atoms with Crippen LogP contribution in [0, 0.1) is 10.1 Å². The van der Waals surface area contributed by atoms with E-state index in [4.69, 9.17) is 15.2 Å². The zero-order valence-corrected chi connectivity index (χ0v) is 9.46. The van der Waals surface area contributed by atoms with Gasteiger partial charge in [0.2, 0.25) is 0 Å². The molecule has 0 amide bonds. The molecule has 1 aromatic rings. The summed E-state index contributed by atoms with van der Waals surface area (Å²) in [6.07, 6.45) is 0.953. The van der Waals surface area contributed by atoms with Gasteiger partial charge >= 0.3 is 5.69 Å². The monoisotopic (exact) mass is 238 g/mol. The average molecular weight is 238 g/mol. The largest absolute Gasteiger partial charge is 0.490 e. The Hall–Kier alpha value is -1.66. The van der Waals surface area contributed by atoms with E-state index in [1.807, 2.05) is 0 Å². The molecule has 1 aromatic carbocycles. The predicted molar refractivity (Wildman–Crippen MR) is 60.8 cm³/mol. The average Bonchev–Trinajstić information content (AvgIpc) is 3.02. The van der Waals surface area contributed by atoms with Crippen LogP contribution in [0.2, 0.25) is 0 Å². The number of nitrogens with two attached hydrogens (primary N) is 1. The molecule has 17 heavy (non-hydrogen) atoms. The van der Waals surface area contributed by atoms with Crippen LogP contribution in [-0.4, -0.2) is 24.2 Å². The molecule has 1 fully saturated rings. The van der Waals surface area contributed by atoms with Crippen LogP contribution in [-0.2, 0) is 11.3 Å². The van der Waals surface area contributed by atoms with Crippen molar-refractivity contribution in [3.8, 4) is 5.75 Å². The van der Waals surface area contributed by atoms with E-state index in [0.29, 0.717) is 6.61 Å². The third-order valence-corrected chi connectivity index (χ3v) is 2.68. The van der Waals surface area contributed by atoms with Crippen LogP contribution in [0.5, 0.6) is 5.75 Å². The Kier molecular flexibility index (Phi) is 3.26. The summed E-state index contributed by atoms with van der Waals surface area (Å²) in [5.74, 6) is 0.252. The SMILES string of the molecule is COc1ccc(CO[C@@H]2C[C@H]2N)cc1[N+](=O)[O-]. The van der Waals surface area contributed by atoms with Crippen molar-refractivity contribution in [2.75, 3.05) is 7.11 Å². The van der Waals surface area contributed by atoms with Gasteiger partial charge < -0.3 is 15.2 Å². The number of nitro groups is 1. The minimum absolute atomic E-state index is 0.0475. The highest BCUT2D eigenvalue weighted by Crippen LogP contribution is 2.29. The minimum atomic E-state index is -0.467. The number of ether oxygens (including phenoxy) is 2. The van der Waals surface area contributed by atoms with Crippen molar-refractivity contribution >= 4 is 5.69 Å². The molecule has 92 valence electrons. The highest BCUT2D eigenvalue weighted by molar-refractivity contribution is 5.48. The number of hydrogen-bond donors (Lipinski definition) is 1. The fraction of sp³-hybridized carbons (Fsp3) is 0.455. The Morgan fingerprint density at radius 2 is 2.29 bits per heavy atom. The van der Waals surface area contributed by atoms with Gasteiger partial charge in [-0.05, 0) is 18.1 Å². The molecular weight excluding hydrogens is 224 g/mol. The molecule has 0 aromatic heterocycles. The molecule has 0 bridgehead atoms. The van der Waals surface area contributed by atoms with Crippen LogP contribution in [0.4, 0.5) is 5.69 Å². The molecule has 2 atom stereocenters. The first-order valence-electron chi connectivity index (χ1n) is 5.30. The number of hydrogen-bond acceptors (Lipinski definition) is 5. The van der Waals surface area contributed by atoms with Crippen molar-refractivity contribution in [3.05, 3.63) is 33.9 Å². The van der Waals surface area contributed by atoms with Gasteiger partial charge in [-0.25, -0.2) is 0 Å². The standard InChI is InChI=1S/C11H14N2O4/c1-16-10-3-2-7(4-9(10)13(14)15)6-17-11-5-8(11)12/h2-4,8,11H,5-6,12H2,1H3/t8-,11-/m1/s1. The van der Waals surface area contributed by atoms with Gasteiger partial charge in [0.25, 0.3) is 0 Å². The number of methoxy groups -OCH3 is 1. The number of benzene rings is 1. The van der Waals surface area contributed by atoms with E-state index in [0.717, 1.165) is 12.0 Å². The summed E-state index contributed by atoms with van der Waals surface area (Å²) in [5.41, 5.74) is 6.30. The molecule has 1 saturated carbocycles. The third kappa shape index (κ3) is 2.72. The Morgan fingerprint density at radius 1 is 1.59 bits per heavy atom. The number of nitrogens with zero attached hydrogens (tertiary/aromatic N) is 1. The van der Waals surface area contributed by atoms with Crippen LogP contribution < -0.4 is 10.5 Å². The molecule has 0 spiro atoms. The summed E-state index contributed by atoms with van der Waals surface area (Å²) in [5, 5.41) is 10.8. The smallest absolute Gasteiger partial charge is 0.311 e. The molecule has 1 aliphatic carbocycles. The van der Waals surface area contributed by atoms with Crippen molar-refractivity contribution in [2.24, 2.45) is 5.73 Å². The third-order valence-electron chi connectivity index (χ3n) is 2.68. The van der Waals surface area contributed by atoms with Crippen LogP contribution >= 0.6 is 0 Å². The molecule has 0 saturated heterocycles. The molecule has 0 aliphatic heterocycles. The summed E-state index contributed by atoms with van der Waals surface area (Å²) < 4.78 is 10.4. The zero-order chi connectivity index (χ0) is 12.4. The highest BCUT2D eigenvalue weighted by atomic mass is 16.6. The molecule has 0 heterocycles. The van der Waals surface area contributed by atoms with E-state index in [-0.39, 0.29) is 23.6 Å². The predicted octanol–water partition coefficient (Wildman–Crippen LogP) is 1.22. The number of nitro benzene ring substituents is 1. The van der Waals surface area contributed by atoms with Crippen molar-refractivity contribution in [3.63, 3.8) is 0 Å². The molecule has 6 heteroatoms.